The lowest BCUT2D eigenvalue weighted by atomic mass is 10.1. The molecule has 0 bridgehead atoms. The molecule has 7 nitrogen and oxygen atoms in total. The number of hydrogen-bond acceptors (Lipinski definition) is 5. The number of rotatable bonds is 9. The fourth-order valence-electron chi connectivity index (χ4n) is 2.43. The molecule has 0 heterocycles. The molecular formula is C26H31NO6. The van der Waals surface area contributed by atoms with Gasteiger partial charge in [0.1, 0.15) is 24.0 Å². The lowest BCUT2D eigenvalue weighted by Crippen LogP contribution is -2.44. The predicted octanol–water partition coefficient (Wildman–Crippen LogP) is 4.71. The normalized spacial score (nSPS) is 11.1. The average Bonchev–Trinajstić information content (AvgIpc) is 2.77. The van der Waals surface area contributed by atoms with Gasteiger partial charge in [0.15, 0.2) is 5.78 Å². The molecule has 0 spiro atoms. The van der Waals surface area contributed by atoms with Crippen LogP contribution in [0.1, 0.15) is 31.9 Å². The summed E-state index contributed by atoms with van der Waals surface area (Å²) >= 11 is 0. The maximum Gasteiger partial charge on any atom is 0.408 e. The lowest BCUT2D eigenvalue weighted by molar-refractivity contribution is -0.139. The van der Waals surface area contributed by atoms with Crippen LogP contribution in [0.3, 0.4) is 0 Å². The van der Waals surface area contributed by atoms with Gasteiger partial charge < -0.3 is 19.9 Å². The Bertz CT molecular complexity index is 920. The van der Waals surface area contributed by atoms with Gasteiger partial charge in [-0.15, -0.1) is 0 Å². The van der Waals surface area contributed by atoms with E-state index in [-0.39, 0.29) is 12.2 Å². The van der Waals surface area contributed by atoms with E-state index in [1.807, 2.05) is 30.3 Å². The first-order valence-corrected chi connectivity index (χ1v) is 10.3. The zero-order valence-electron chi connectivity index (χ0n) is 19.2. The molecule has 0 fully saturated rings. The number of ether oxygens (including phenoxy) is 2. The van der Waals surface area contributed by atoms with Crippen molar-refractivity contribution in [2.45, 2.75) is 45.4 Å². The van der Waals surface area contributed by atoms with Gasteiger partial charge in [-0.25, -0.2) is 9.59 Å². The SMILES string of the molecule is C=CC(=O)C=C.CC(C)(C)OC(=O)N[C@@H](Cc1ccc(OCc2ccccc2)cc1)C(=O)O. The Morgan fingerprint density at radius 2 is 1.55 bits per heavy atom. The average molecular weight is 454 g/mol. The number of hydrogen-bond donors (Lipinski definition) is 2. The van der Waals surface area contributed by atoms with Gasteiger partial charge in [-0.3, -0.25) is 4.79 Å². The Hall–Kier alpha value is -3.87. The maximum absolute atomic E-state index is 11.8. The molecule has 176 valence electrons. The quantitative estimate of drug-likeness (QED) is 0.533. The fourth-order valence-corrected chi connectivity index (χ4v) is 2.43. The van der Waals surface area contributed by atoms with Crippen molar-refractivity contribution >= 4 is 17.8 Å². The smallest absolute Gasteiger partial charge is 0.408 e. The summed E-state index contributed by atoms with van der Waals surface area (Å²) in [6, 6.07) is 15.9. The molecule has 0 unspecified atom stereocenters. The van der Waals surface area contributed by atoms with Gasteiger partial charge in [-0.05, 0) is 56.2 Å². The molecule has 2 aromatic carbocycles. The van der Waals surface area contributed by atoms with Gasteiger partial charge >= 0.3 is 12.1 Å². The molecule has 1 atom stereocenters. The van der Waals surface area contributed by atoms with Crippen LogP contribution in [0, 0.1) is 0 Å². The second kappa shape index (κ2) is 13.5. The van der Waals surface area contributed by atoms with E-state index in [0.29, 0.717) is 12.4 Å². The van der Waals surface area contributed by atoms with Crippen LogP contribution in [0.25, 0.3) is 0 Å². The van der Waals surface area contributed by atoms with Crippen molar-refractivity contribution in [1.29, 1.82) is 0 Å². The molecule has 0 radical (unpaired) electrons. The van der Waals surface area contributed by atoms with Crippen molar-refractivity contribution in [2.24, 2.45) is 0 Å². The monoisotopic (exact) mass is 453 g/mol. The highest BCUT2D eigenvalue weighted by atomic mass is 16.6. The molecular weight excluding hydrogens is 422 g/mol. The van der Waals surface area contributed by atoms with Gasteiger partial charge in [-0.2, -0.15) is 0 Å². The molecule has 2 N–H and O–H groups in total. The Labute approximate surface area is 194 Å². The third-order valence-corrected chi connectivity index (χ3v) is 4.00. The lowest BCUT2D eigenvalue weighted by Gasteiger charge is -2.22. The van der Waals surface area contributed by atoms with Crippen LogP contribution in [0.15, 0.2) is 79.9 Å². The van der Waals surface area contributed by atoms with Crippen molar-refractivity contribution in [1.82, 2.24) is 5.32 Å². The van der Waals surface area contributed by atoms with E-state index in [4.69, 9.17) is 9.47 Å². The molecule has 0 saturated carbocycles. The standard InChI is InChI=1S/C21H25NO5.C5H6O/c1-21(2,3)27-20(25)22-18(19(23)24)13-15-9-11-17(12-10-15)26-14-16-7-5-4-6-8-16;1-3-5(6)4-2/h4-12,18H,13-14H2,1-3H3,(H,22,25)(H,23,24);3-4H,1-2H2/t18-;/m0./s1. The molecule has 7 heteroatoms. The van der Waals surface area contributed by atoms with Gasteiger partial charge in [0.05, 0.1) is 0 Å². The Kier molecular flexibility index (Phi) is 11.1. The van der Waals surface area contributed by atoms with Crippen LogP contribution in [-0.4, -0.2) is 34.6 Å². The van der Waals surface area contributed by atoms with Crippen LogP contribution >= 0.6 is 0 Å². The summed E-state index contributed by atoms with van der Waals surface area (Å²) in [6.45, 7) is 12.0. The number of carbonyl (C=O) groups is 3. The summed E-state index contributed by atoms with van der Waals surface area (Å²) in [5.41, 5.74) is 1.14. The molecule has 0 saturated heterocycles. The second-order valence-corrected chi connectivity index (χ2v) is 7.97. The van der Waals surface area contributed by atoms with E-state index < -0.39 is 23.7 Å². The van der Waals surface area contributed by atoms with Crippen molar-refractivity contribution in [3.05, 3.63) is 91.0 Å². The summed E-state index contributed by atoms with van der Waals surface area (Å²) in [5, 5.41) is 11.7. The Balaban J connectivity index is 0.000000801. The van der Waals surface area contributed by atoms with Gasteiger partial charge in [0.2, 0.25) is 0 Å². The highest BCUT2D eigenvalue weighted by Gasteiger charge is 2.24. The number of benzene rings is 2. The highest BCUT2D eigenvalue weighted by molar-refractivity contribution is 5.98. The van der Waals surface area contributed by atoms with Crippen molar-refractivity contribution in [3.63, 3.8) is 0 Å². The van der Waals surface area contributed by atoms with E-state index >= 15 is 0 Å². The topological polar surface area (TPSA) is 102 Å². The van der Waals surface area contributed by atoms with E-state index in [1.165, 1.54) is 12.2 Å². The zero-order valence-corrected chi connectivity index (χ0v) is 19.2. The maximum atomic E-state index is 11.8. The number of nitrogens with one attached hydrogen (secondary N) is 1. The number of carboxylic acids is 1. The zero-order chi connectivity index (χ0) is 24.9. The minimum atomic E-state index is -1.12. The minimum absolute atomic E-state index is 0.130. The summed E-state index contributed by atoms with van der Waals surface area (Å²) in [4.78, 5) is 33.2. The largest absolute Gasteiger partial charge is 0.489 e. The van der Waals surface area contributed by atoms with Crippen molar-refractivity contribution < 1.29 is 29.0 Å². The number of carbonyl (C=O) groups excluding carboxylic acids is 2. The molecule has 0 aliphatic carbocycles. The van der Waals surface area contributed by atoms with Crippen LogP contribution < -0.4 is 10.1 Å². The summed E-state index contributed by atoms with van der Waals surface area (Å²) in [6.07, 6.45) is 1.82. The number of amides is 1. The van der Waals surface area contributed by atoms with Crippen molar-refractivity contribution in [3.8, 4) is 5.75 Å². The molecule has 33 heavy (non-hydrogen) atoms. The van der Waals surface area contributed by atoms with E-state index in [2.05, 4.69) is 18.5 Å². The van der Waals surface area contributed by atoms with E-state index in [0.717, 1.165) is 11.1 Å². The van der Waals surface area contributed by atoms with E-state index in [9.17, 15) is 19.5 Å². The van der Waals surface area contributed by atoms with Gasteiger partial charge in [0, 0.05) is 6.42 Å². The number of allylic oxidation sites excluding steroid dienone is 2. The molecule has 0 aliphatic heterocycles. The number of alkyl carbamates (subject to hydrolysis) is 1. The van der Waals surface area contributed by atoms with Crippen molar-refractivity contribution in [2.75, 3.05) is 0 Å². The van der Waals surface area contributed by atoms with Crippen LogP contribution in [0.5, 0.6) is 5.75 Å². The highest BCUT2D eigenvalue weighted by Crippen LogP contribution is 2.16. The first kappa shape index (κ1) is 27.2. The van der Waals surface area contributed by atoms with Crippen LogP contribution in [0.2, 0.25) is 0 Å². The Morgan fingerprint density at radius 1 is 0.970 bits per heavy atom. The van der Waals surface area contributed by atoms with E-state index in [1.54, 1.807) is 45.0 Å². The number of ketones is 1. The minimum Gasteiger partial charge on any atom is -0.489 e. The number of aliphatic carboxylic acids is 1. The molecule has 0 aromatic heterocycles. The molecule has 2 aromatic rings. The Morgan fingerprint density at radius 3 is 2.00 bits per heavy atom. The van der Waals surface area contributed by atoms with Gasteiger partial charge in [0.25, 0.3) is 0 Å². The van der Waals surface area contributed by atoms with Crippen LogP contribution in [-0.2, 0) is 27.4 Å². The third-order valence-electron chi connectivity index (χ3n) is 4.00. The first-order chi connectivity index (χ1) is 15.5. The third kappa shape index (κ3) is 11.9. The predicted molar refractivity (Wildman–Crippen MR) is 127 cm³/mol. The fraction of sp³-hybridized carbons (Fsp3) is 0.269. The van der Waals surface area contributed by atoms with Crippen LogP contribution in [0.4, 0.5) is 4.79 Å². The first-order valence-electron chi connectivity index (χ1n) is 10.3. The molecule has 1 amide bonds. The molecule has 2 rings (SSSR count). The summed E-state index contributed by atoms with van der Waals surface area (Å²) in [5.74, 6) is -0.560. The summed E-state index contributed by atoms with van der Waals surface area (Å²) in [7, 11) is 0. The molecule has 0 aliphatic rings. The van der Waals surface area contributed by atoms with Gasteiger partial charge in [-0.1, -0.05) is 55.6 Å². The number of carboxylic acid groups (broad SMARTS) is 1. The summed E-state index contributed by atoms with van der Waals surface area (Å²) < 4.78 is 10.8. The second-order valence-electron chi connectivity index (χ2n) is 7.97.